The molecule has 4 atom stereocenters. The first-order chi connectivity index (χ1) is 18.8. The van der Waals surface area contributed by atoms with Crippen LogP contribution in [-0.4, -0.2) is 50.3 Å². The molecule has 0 spiro atoms. The maximum atomic E-state index is 14.1. The fourth-order valence-corrected chi connectivity index (χ4v) is 6.93. The molecule has 202 valence electrons. The molecular weight excluding hydrogens is 498 g/mol. The van der Waals surface area contributed by atoms with E-state index in [0.29, 0.717) is 11.3 Å². The number of aliphatic carboxylic acids is 1. The number of ether oxygens (including phenoxy) is 1. The number of nitrogens with zero attached hydrogens (tertiary/aromatic N) is 1. The average molecular weight is 530 g/mol. The van der Waals surface area contributed by atoms with Gasteiger partial charge in [-0.2, -0.15) is 0 Å². The summed E-state index contributed by atoms with van der Waals surface area (Å²) in [5, 5.41) is 14.9. The molecule has 4 unspecified atom stereocenters. The van der Waals surface area contributed by atoms with Gasteiger partial charge in [0.1, 0.15) is 11.3 Å². The van der Waals surface area contributed by atoms with Crippen molar-refractivity contribution in [2.24, 2.45) is 11.8 Å². The molecule has 2 aliphatic heterocycles. The SMILES string of the molecule is CC(=O)Oc1ccc(C2NC(Cc3c[nH]c4ccccc34)(C(=O)O)C3C(=O)N(C4CCCCC4)C(=O)C23)cc1. The maximum Gasteiger partial charge on any atom is 0.325 e. The van der Waals surface area contributed by atoms with Crippen LogP contribution < -0.4 is 10.1 Å². The fraction of sp³-hybridized carbons (Fsp3) is 0.400. The molecule has 39 heavy (non-hydrogen) atoms. The normalized spacial score (nSPS) is 27.2. The van der Waals surface area contributed by atoms with E-state index in [4.69, 9.17) is 4.74 Å². The zero-order valence-electron chi connectivity index (χ0n) is 21.7. The van der Waals surface area contributed by atoms with Gasteiger partial charge in [0, 0.05) is 42.5 Å². The summed E-state index contributed by atoms with van der Waals surface area (Å²) in [6.45, 7) is 1.31. The topological polar surface area (TPSA) is 129 Å². The number of aromatic nitrogens is 1. The summed E-state index contributed by atoms with van der Waals surface area (Å²) in [6, 6.07) is 13.4. The van der Waals surface area contributed by atoms with E-state index in [1.54, 1.807) is 30.5 Å². The molecule has 3 fully saturated rings. The van der Waals surface area contributed by atoms with Crippen molar-refractivity contribution in [3.8, 4) is 5.75 Å². The molecule has 2 aromatic carbocycles. The minimum atomic E-state index is -1.69. The first kappa shape index (κ1) is 25.3. The molecule has 9 heteroatoms. The van der Waals surface area contributed by atoms with Gasteiger partial charge in [-0.15, -0.1) is 0 Å². The summed E-state index contributed by atoms with van der Waals surface area (Å²) >= 11 is 0. The number of fused-ring (bicyclic) bond motifs is 2. The van der Waals surface area contributed by atoms with Crippen molar-refractivity contribution in [1.82, 2.24) is 15.2 Å². The van der Waals surface area contributed by atoms with Crippen LogP contribution in [0.3, 0.4) is 0 Å². The zero-order chi connectivity index (χ0) is 27.3. The number of para-hydroxylation sites is 1. The van der Waals surface area contributed by atoms with Crippen molar-refractivity contribution in [3.63, 3.8) is 0 Å². The van der Waals surface area contributed by atoms with Gasteiger partial charge in [0.2, 0.25) is 11.8 Å². The van der Waals surface area contributed by atoms with E-state index in [0.717, 1.165) is 48.6 Å². The molecule has 0 bridgehead atoms. The Kier molecular flexibility index (Phi) is 6.26. The number of carboxylic acid groups (broad SMARTS) is 1. The van der Waals surface area contributed by atoms with Gasteiger partial charge >= 0.3 is 11.9 Å². The van der Waals surface area contributed by atoms with Crippen LogP contribution in [0.1, 0.15) is 56.2 Å². The highest BCUT2D eigenvalue weighted by atomic mass is 16.5. The number of aromatic amines is 1. The number of carboxylic acids is 1. The molecule has 3 N–H and O–H groups in total. The first-order valence-electron chi connectivity index (χ1n) is 13.5. The van der Waals surface area contributed by atoms with Crippen molar-refractivity contribution in [3.05, 3.63) is 65.9 Å². The fourth-order valence-electron chi connectivity index (χ4n) is 6.93. The Morgan fingerprint density at radius 2 is 1.74 bits per heavy atom. The molecular formula is C30H31N3O6. The first-order valence-corrected chi connectivity index (χ1v) is 13.5. The summed E-state index contributed by atoms with van der Waals surface area (Å²) in [4.78, 5) is 57.3. The van der Waals surface area contributed by atoms with Gasteiger partial charge < -0.3 is 14.8 Å². The molecule has 9 nitrogen and oxygen atoms in total. The molecule has 3 aromatic rings. The van der Waals surface area contributed by atoms with Crippen LogP contribution in [0.5, 0.6) is 5.75 Å². The standard InChI is InChI=1S/C30H31N3O6/c1-17(34)39-21-13-11-18(12-14-21)26-24-25(28(36)33(27(24)35)20-7-3-2-4-8-20)30(32-26,29(37)38)15-19-16-31-23-10-6-5-9-22(19)23/h5-6,9-14,16,20,24-26,31-32H,2-4,7-8,15H2,1H3,(H,37,38). The van der Waals surface area contributed by atoms with Gasteiger partial charge in [-0.25, -0.2) is 0 Å². The predicted octanol–water partition coefficient (Wildman–Crippen LogP) is 3.74. The Labute approximate surface area is 225 Å². The highest BCUT2D eigenvalue weighted by Crippen LogP contribution is 2.51. The number of imide groups is 1. The molecule has 2 amide bonds. The van der Waals surface area contributed by atoms with E-state index in [1.165, 1.54) is 11.8 Å². The Morgan fingerprint density at radius 3 is 2.44 bits per heavy atom. The van der Waals surface area contributed by atoms with Gasteiger partial charge in [-0.3, -0.25) is 29.4 Å². The molecule has 6 rings (SSSR count). The molecule has 1 aliphatic carbocycles. The second-order valence-corrected chi connectivity index (χ2v) is 10.9. The predicted molar refractivity (Wildman–Crippen MR) is 142 cm³/mol. The Balaban J connectivity index is 1.44. The molecule has 2 saturated heterocycles. The quantitative estimate of drug-likeness (QED) is 0.252. The lowest BCUT2D eigenvalue weighted by atomic mass is 9.76. The largest absolute Gasteiger partial charge is 0.480 e. The third-order valence-corrected chi connectivity index (χ3v) is 8.65. The van der Waals surface area contributed by atoms with Crippen LogP contribution in [0.15, 0.2) is 54.7 Å². The van der Waals surface area contributed by atoms with Gasteiger partial charge in [-0.05, 0) is 42.2 Å². The van der Waals surface area contributed by atoms with E-state index in [2.05, 4.69) is 10.3 Å². The Morgan fingerprint density at radius 1 is 1.03 bits per heavy atom. The minimum Gasteiger partial charge on any atom is -0.480 e. The lowest BCUT2D eigenvalue weighted by Gasteiger charge is -2.34. The van der Waals surface area contributed by atoms with Gasteiger partial charge in [0.05, 0.1) is 11.8 Å². The second kappa shape index (κ2) is 9.64. The van der Waals surface area contributed by atoms with Crippen molar-refractivity contribution < 1.29 is 29.0 Å². The van der Waals surface area contributed by atoms with Crippen LogP contribution in [0, 0.1) is 11.8 Å². The monoisotopic (exact) mass is 529 g/mol. The van der Waals surface area contributed by atoms with Crippen LogP contribution in [0.4, 0.5) is 0 Å². The summed E-state index contributed by atoms with van der Waals surface area (Å²) in [6.07, 6.45) is 6.26. The van der Waals surface area contributed by atoms with E-state index in [1.807, 2.05) is 24.3 Å². The van der Waals surface area contributed by atoms with Crippen LogP contribution in [0.25, 0.3) is 10.9 Å². The maximum absolute atomic E-state index is 14.1. The van der Waals surface area contributed by atoms with Crippen LogP contribution in [-0.2, 0) is 25.6 Å². The number of likely N-dealkylation sites (tertiary alicyclic amines) is 1. The Bertz CT molecular complexity index is 1460. The highest BCUT2D eigenvalue weighted by molar-refractivity contribution is 6.10. The number of carbonyl (C=O) groups excluding carboxylic acids is 3. The van der Waals surface area contributed by atoms with Crippen molar-refractivity contribution >= 4 is 34.7 Å². The minimum absolute atomic E-state index is 0.0348. The molecule has 1 aromatic heterocycles. The summed E-state index contributed by atoms with van der Waals surface area (Å²) < 4.78 is 5.16. The van der Waals surface area contributed by atoms with Crippen molar-refractivity contribution in [2.75, 3.05) is 0 Å². The van der Waals surface area contributed by atoms with Crippen LogP contribution in [0.2, 0.25) is 0 Å². The second-order valence-electron chi connectivity index (χ2n) is 10.9. The molecule has 0 radical (unpaired) electrons. The van der Waals surface area contributed by atoms with E-state index in [-0.39, 0.29) is 18.4 Å². The van der Waals surface area contributed by atoms with Crippen LogP contribution >= 0.6 is 0 Å². The summed E-state index contributed by atoms with van der Waals surface area (Å²) in [5.74, 6) is -3.89. The Hall–Kier alpha value is -3.98. The number of hydrogen-bond acceptors (Lipinski definition) is 6. The van der Waals surface area contributed by atoms with Gasteiger partial charge in [0.25, 0.3) is 0 Å². The smallest absolute Gasteiger partial charge is 0.325 e. The van der Waals surface area contributed by atoms with Crippen molar-refractivity contribution in [1.29, 1.82) is 0 Å². The molecule has 3 aliphatic rings. The number of nitrogens with one attached hydrogen (secondary N) is 2. The number of hydrogen-bond donors (Lipinski definition) is 3. The molecule has 1 saturated carbocycles. The lowest BCUT2D eigenvalue weighted by molar-refractivity contribution is -0.152. The third-order valence-electron chi connectivity index (χ3n) is 8.65. The average Bonchev–Trinajstić information content (AvgIpc) is 3.57. The van der Waals surface area contributed by atoms with Gasteiger partial charge in [-0.1, -0.05) is 49.6 Å². The summed E-state index contributed by atoms with van der Waals surface area (Å²) in [5.41, 5.74) is 0.610. The number of rotatable bonds is 6. The van der Waals surface area contributed by atoms with Crippen molar-refractivity contribution in [2.45, 2.75) is 63.1 Å². The highest BCUT2D eigenvalue weighted by Gasteiger charge is 2.69. The number of benzene rings is 2. The number of H-pyrrole nitrogens is 1. The summed E-state index contributed by atoms with van der Waals surface area (Å²) in [7, 11) is 0. The van der Waals surface area contributed by atoms with E-state index >= 15 is 0 Å². The number of esters is 1. The zero-order valence-corrected chi connectivity index (χ0v) is 21.7. The third kappa shape index (κ3) is 4.12. The lowest BCUT2D eigenvalue weighted by Crippen LogP contribution is -2.58. The van der Waals surface area contributed by atoms with E-state index in [9.17, 15) is 24.3 Å². The number of amides is 2. The molecule has 3 heterocycles. The van der Waals surface area contributed by atoms with E-state index < -0.39 is 41.3 Å². The van der Waals surface area contributed by atoms with Gasteiger partial charge in [0.15, 0.2) is 0 Å². The number of carbonyl (C=O) groups is 4.